The first-order chi connectivity index (χ1) is 11.5. The van der Waals surface area contributed by atoms with Crippen LogP contribution in [0.5, 0.6) is 11.5 Å². The highest BCUT2D eigenvalue weighted by Gasteiger charge is 2.37. The molecule has 2 aliphatic heterocycles. The molecule has 2 atom stereocenters. The Bertz CT molecular complexity index is 689. The molecular formula is C16H18N2O6. The van der Waals surface area contributed by atoms with Gasteiger partial charge in [-0.2, -0.15) is 0 Å². The monoisotopic (exact) mass is 334 g/mol. The number of nitrogens with two attached hydrogens (primary N) is 1. The van der Waals surface area contributed by atoms with E-state index >= 15 is 0 Å². The van der Waals surface area contributed by atoms with Gasteiger partial charge >= 0.3 is 5.97 Å². The average molecular weight is 334 g/mol. The van der Waals surface area contributed by atoms with Crippen molar-refractivity contribution in [1.82, 2.24) is 0 Å². The molecule has 8 nitrogen and oxygen atoms in total. The third kappa shape index (κ3) is 3.12. The molecule has 1 aromatic rings. The predicted octanol–water partition coefficient (Wildman–Crippen LogP) is 0.228. The van der Waals surface area contributed by atoms with Crippen LogP contribution in [0.25, 0.3) is 0 Å². The van der Waals surface area contributed by atoms with E-state index in [1.807, 2.05) is 0 Å². The molecule has 0 radical (unpaired) electrons. The third-order valence-electron chi connectivity index (χ3n) is 3.99. The number of carbonyl (C=O) groups excluding carboxylic acids is 3. The van der Waals surface area contributed by atoms with E-state index in [0.717, 1.165) is 0 Å². The van der Waals surface area contributed by atoms with E-state index < -0.39 is 23.9 Å². The van der Waals surface area contributed by atoms with Gasteiger partial charge in [0, 0.05) is 24.7 Å². The number of rotatable bonds is 4. The van der Waals surface area contributed by atoms with E-state index in [1.54, 1.807) is 18.2 Å². The molecule has 2 aliphatic rings. The van der Waals surface area contributed by atoms with Crippen LogP contribution in [0.1, 0.15) is 13.3 Å². The SMILES string of the molecule is C[C@@H](OC(=O)[C@H]1CC(=O)N(c2ccc3c(c2)OCCO3)C1)C(N)=O. The molecule has 0 aromatic heterocycles. The fourth-order valence-corrected chi connectivity index (χ4v) is 2.64. The molecule has 0 spiro atoms. The van der Waals surface area contributed by atoms with Crippen LogP contribution in [-0.2, 0) is 19.1 Å². The molecule has 0 aliphatic carbocycles. The zero-order valence-corrected chi connectivity index (χ0v) is 13.2. The molecule has 24 heavy (non-hydrogen) atoms. The minimum atomic E-state index is -1.02. The number of hydrogen-bond donors (Lipinski definition) is 1. The van der Waals surface area contributed by atoms with Crippen LogP contribution in [0, 0.1) is 5.92 Å². The van der Waals surface area contributed by atoms with Crippen molar-refractivity contribution in [2.45, 2.75) is 19.4 Å². The fourth-order valence-electron chi connectivity index (χ4n) is 2.64. The normalized spacial score (nSPS) is 20.6. The molecular weight excluding hydrogens is 316 g/mol. The van der Waals surface area contributed by atoms with Crippen molar-refractivity contribution in [3.8, 4) is 11.5 Å². The van der Waals surface area contributed by atoms with Crippen LogP contribution in [0.4, 0.5) is 5.69 Å². The lowest BCUT2D eigenvalue weighted by Gasteiger charge is -2.22. The number of amides is 2. The standard InChI is InChI=1S/C16H18N2O6/c1-9(15(17)20)24-16(21)10-6-14(19)18(8-10)11-2-3-12-13(7-11)23-5-4-22-12/h2-3,7,9-10H,4-6,8H2,1H3,(H2,17,20)/t9-,10+/m1/s1. The molecule has 0 bridgehead atoms. The highest BCUT2D eigenvalue weighted by Crippen LogP contribution is 2.36. The number of esters is 1. The van der Waals surface area contributed by atoms with E-state index in [-0.39, 0.29) is 18.9 Å². The fraction of sp³-hybridized carbons (Fsp3) is 0.438. The van der Waals surface area contributed by atoms with E-state index in [2.05, 4.69) is 0 Å². The summed E-state index contributed by atoms with van der Waals surface area (Å²) in [6.45, 7) is 2.52. The molecule has 8 heteroatoms. The summed E-state index contributed by atoms with van der Waals surface area (Å²) in [6, 6.07) is 5.19. The third-order valence-corrected chi connectivity index (χ3v) is 3.99. The number of benzene rings is 1. The second kappa shape index (κ2) is 6.38. The zero-order chi connectivity index (χ0) is 17.3. The van der Waals surface area contributed by atoms with Crippen molar-refractivity contribution in [3.63, 3.8) is 0 Å². The van der Waals surface area contributed by atoms with Gasteiger partial charge in [0.25, 0.3) is 5.91 Å². The largest absolute Gasteiger partial charge is 0.486 e. The summed E-state index contributed by atoms with van der Waals surface area (Å²) in [4.78, 5) is 36.8. The lowest BCUT2D eigenvalue weighted by Crippen LogP contribution is -2.33. The van der Waals surface area contributed by atoms with E-state index in [0.29, 0.717) is 30.4 Å². The summed E-state index contributed by atoms with van der Waals surface area (Å²) < 4.78 is 15.9. The van der Waals surface area contributed by atoms with Gasteiger partial charge in [0.2, 0.25) is 5.91 Å². The first-order valence-corrected chi connectivity index (χ1v) is 7.65. The summed E-state index contributed by atoms with van der Waals surface area (Å²) in [6.07, 6.45) is -0.991. The van der Waals surface area contributed by atoms with Gasteiger partial charge in [0.15, 0.2) is 17.6 Å². The van der Waals surface area contributed by atoms with Gasteiger partial charge in [0.05, 0.1) is 5.92 Å². The maximum absolute atomic E-state index is 12.2. The topological polar surface area (TPSA) is 108 Å². The lowest BCUT2D eigenvalue weighted by molar-refractivity contribution is -0.157. The smallest absolute Gasteiger partial charge is 0.312 e. The zero-order valence-electron chi connectivity index (χ0n) is 13.2. The Kier molecular flexibility index (Phi) is 4.28. The number of nitrogens with zero attached hydrogens (tertiary/aromatic N) is 1. The Morgan fingerprint density at radius 3 is 2.71 bits per heavy atom. The molecule has 128 valence electrons. The van der Waals surface area contributed by atoms with E-state index in [4.69, 9.17) is 19.9 Å². The molecule has 0 saturated carbocycles. The van der Waals surface area contributed by atoms with Crippen LogP contribution in [0.15, 0.2) is 18.2 Å². The Hall–Kier alpha value is -2.77. The summed E-state index contributed by atoms with van der Waals surface area (Å²) in [5.74, 6) is -0.957. The van der Waals surface area contributed by atoms with Gasteiger partial charge in [-0.25, -0.2) is 0 Å². The quantitative estimate of drug-likeness (QED) is 0.790. The summed E-state index contributed by atoms with van der Waals surface area (Å²) in [7, 11) is 0. The van der Waals surface area contributed by atoms with Gasteiger partial charge in [-0.3, -0.25) is 14.4 Å². The van der Waals surface area contributed by atoms with Gasteiger partial charge in [0.1, 0.15) is 13.2 Å². The summed E-state index contributed by atoms with van der Waals surface area (Å²) in [5, 5.41) is 0. The Morgan fingerprint density at radius 2 is 2.00 bits per heavy atom. The Labute approximate surface area is 138 Å². The Morgan fingerprint density at radius 1 is 1.29 bits per heavy atom. The minimum absolute atomic E-state index is 0.0265. The van der Waals surface area contributed by atoms with Crippen molar-refractivity contribution in [2.24, 2.45) is 11.7 Å². The van der Waals surface area contributed by atoms with Gasteiger partial charge in [-0.05, 0) is 19.1 Å². The second-order valence-corrected chi connectivity index (χ2v) is 5.71. The predicted molar refractivity (Wildman–Crippen MR) is 82.6 cm³/mol. The van der Waals surface area contributed by atoms with Crippen molar-refractivity contribution in [1.29, 1.82) is 0 Å². The first kappa shape index (κ1) is 16.1. The number of ether oxygens (including phenoxy) is 3. The van der Waals surface area contributed by atoms with Crippen LogP contribution in [0.3, 0.4) is 0 Å². The molecule has 2 N–H and O–H groups in total. The maximum Gasteiger partial charge on any atom is 0.312 e. The number of carbonyl (C=O) groups is 3. The van der Waals surface area contributed by atoms with Crippen LogP contribution in [0.2, 0.25) is 0 Å². The highest BCUT2D eigenvalue weighted by molar-refractivity contribution is 6.00. The molecule has 1 fully saturated rings. The second-order valence-electron chi connectivity index (χ2n) is 5.71. The molecule has 1 aromatic carbocycles. The van der Waals surface area contributed by atoms with Crippen molar-refractivity contribution < 1.29 is 28.6 Å². The van der Waals surface area contributed by atoms with Gasteiger partial charge in [-0.1, -0.05) is 0 Å². The molecule has 2 amide bonds. The van der Waals surface area contributed by atoms with E-state index in [1.165, 1.54) is 11.8 Å². The number of primary amides is 1. The minimum Gasteiger partial charge on any atom is -0.486 e. The molecule has 1 saturated heterocycles. The maximum atomic E-state index is 12.2. The van der Waals surface area contributed by atoms with Crippen molar-refractivity contribution in [3.05, 3.63) is 18.2 Å². The number of hydrogen-bond acceptors (Lipinski definition) is 6. The van der Waals surface area contributed by atoms with Crippen molar-refractivity contribution >= 4 is 23.5 Å². The Balaban J connectivity index is 1.71. The van der Waals surface area contributed by atoms with Crippen LogP contribution < -0.4 is 20.1 Å². The van der Waals surface area contributed by atoms with Gasteiger partial charge in [-0.15, -0.1) is 0 Å². The number of anilines is 1. The lowest BCUT2D eigenvalue weighted by atomic mass is 10.1. The highest BCUT2D eigenvalue weighted by atomic mass is 16.6. The molecule has 0 unspecified atom stereocenters. The summed E-state index contributed by atoms with van der Waals surface area (Å²) >= 11 is 0. The van der Waals surface area contributed by atoms with E-state index in [9.17, 15) is 14.4 Å². The van der Waals surface area contributed by atoms with Gasteiger partial charge < -0.3 is 24.8 Å². The average Bonchev–Trinajstić information content (AvgIpc) is 2.96. The van der Waals surface area contributed by atoms with Crippen LogP contribution in [-0.4, -0.2) is 43.6 Å². The van der Waals surface area contributed by atoms with Crippen molar-refractivity contribution in [2.75, 3.05) is 24.7 Å². The van der Waals surface area contributed by atoms with Crippen LogP contribution >= 0.6 is 0 Å². The summed E-state index contributed by atoms with van der Waals surface area (Å²) in [5.41, 5.74) is 5.70. The first-order valence-electron chi connectivity index (χ1n) is 7.65. The molecule has 2 heterocycles. The molecule has 3 rings (SSSR count). The number of fused-ring (bicyclic) bond motifs is 1.